The van der Waals surface area contributed by atoms with E-state index in [1.165, 1.54) is 10.9 Å². The highest BCUT2D eigenvalue weighted by Gasteiger charge is 2.23. The Balaban J connectivity index is 2.01. The number of benzene rings is 1. The fourth-order valence-electron chi connectivity index (χ4n) is 2.98. The van der Waals surface area contributed by atoms with Crippen molar-refractivity contribution in [3.8, 4) is 0 Å². The summed E-state index contributed by atoms with van der Waals surface area (Å²) in [6.45, 7) is 6.31. The molecule has 4 heteroatoms. The Morgan fingerprint density at radius 2 is 2.10 bits per heavy atom. The van der Waals surface area contributed by atoms with Crippen LogP contribution in [0.5, 0.6) is 0 Å². The molecule has 1 aliphatic heterocycles. The van der Waals surface area contributed by atoms with Gasteiger partial charge in [0, 0.05) is 43.2 Å². The van der Waals surface area contributed by atoms with Gasteiger partial charge in [0.1, 0.15) is 5.82 Å². The van der Waals surface area contributed by atoms with Gasteiger partial charge in [0.25, 0.3) is 0 Å². The van der Waals surface area contributed by atoms with Crippen LogP contribution in [0, 0.1) is 0 Å². The molecule has 0 spiro atoms. The van der Waals surface area contributed by atoms with Crippen LogP contribution < -0.4 is 10.2 Å². The van der Waals surface area contributed by atoms with Gasteiger partial charge in [-0.05, 0) is 33.2 Å². The van der Waals surface area contributed by atoms with Gasteiger partial charge in [0.2, 0.25) is 0 Å². The van der Waals surface area contributed by atoms with Gasteiger partial charge < -0.3 is 15.1 Å². The zero-order valence-corrected chi connectivity index (χ0v) is 13.1. The fraction of sp³-hybridized carbons (Fsp3) is 0.471. The Morgan fingerprint density at radius 3 is 2.86 bits per heavy atom. The molecule has 1 fully saturated rings. The monoisotopic (exact) mass is 284 g/mol. The first-order valence-corrected chi connectivity index (χ1v) is 7.67. The molecule has 1 aromatic heterocycles. The van der Waals surface area contributed by atoms with E-state index in [2.05, 4.69) is 59.4 Å². The second-order valence-corrected chi connectivity index (χ2v) is 5.97. The molecule has 21 heavy (non-hydrogen) atoms. The van der Waals surface area contributed by atoms with Gasteiger partial charge in [0.15, 0.2) is 0 Å². The maximum absolute atomic E-state index is 4.94. The van der Waals surface area contributed by atoms with Crippen LogP contribution in [0.4, 0.5) is 5.82 Å². The number of nitrogens with zero attached hydrogens (tertiary/aromatic N) is 3. The minimum atomic E-state index is 0.564. The molecule has 0 radical (unpaired) electrons. The van der Waals surface area contributed by atoms with Crippen molar-refractivity contribution in [3.63, 3.8) is 0 Å². The predicted molar refractivity (Wildman–Crippen MR) is 88.8 cm³/mol. The standard InChI is InChI=1S/C17H24N4/c1-13-12-21(9-8-20(13)3)17-15(11-18-2)10-14-6-4-5-7-16(14)19-17/h4-7,10,13,18H,8-9,11-12H2,1-3H3. The third-order valence-corrected chi connectivity index (χ3v) is 4.41. The van der Waals surface area contributed by atoms with E-state index in [-0.39, 0.29) is 0 Å². The lowest BCUT2D eigenvalue weighted by molar-refractivity contribution is 0.233. The van der Waals surface area contributed by atoms with Crippen LogP contribution in [0.1, 0.15) is 12.5 Å². The third kappa shape index (κ3) is 2.87. The van der Waals surface area contributed by atoms with Crippen LogP contribution in [0.3, 0.4) is 0 Å². The molecule has 1 aromatic carbocycles. The Kier molecular flexibility index (Phi) is 4.08. The summed E-state index contributed by atoms with van der Waals surface area (Å²) in [5.74, 6) is 1.14. The Bertz CT molecular complexity index is 625. The highest BCUT2D eigenvalue weighted by molar-refractivity contribution is 5.81. The second kappa shape index (κ2) is 6.00. The van der Waals surface area contributed by atoms with E-state index in [1.807, 2.05) is 7.05 Å². The number of anilines is 1. The van der Waals surface area contributed by atoms with E-state index >= 15 is 0 Å². The zero-order valence-electron chi connectivity index (χ0n) is 13.1. The molecule has 3 rings (SSSR count). The molecule has 1 atom stereocenters. The first-order valence-electron chi connectivity index (χ1n) is 7.67. The molecule has 1 aliphatic rings. The summed E-state index contributed by atoms with van der Waals surface area (Å²) in [6, 6.07) is 11.2. The number of hydrogen-bond donors (Lipinski definition) is 1. The van der Waals surface area contributed by atoms with Crippen LogP contribution in [-0.4, -0.2) is 49.7 Å². The lowest BCUT2D eigenvalue weighted by Crippen LogP contribution is -2.50. The quantitative estimate of drug-likeness (QED) is 0.935. The number of nitrogens with one attached hydrogen (secondary N) is 1. The topological polar surface area (TPSA) is 31.4 Å². The molecule has 1 saturated heterocycles. The summed E-state index contributed by atoms with van der Waals surface area (Å²) >= 11 is 0. The summed E-state index contributed by atoms with van der Waals surface area (Å²) in [7, 11) is 4.19. The van der Waals surface area contributed by atoms with Gasteiger partial charge in [-0.25, -0.2) is 4.98 Å². The lowest BCUT2D eigenvalue weighted by Gasteiger charge is -2.39. The number of piperazine rings is 1. The van der Waals surface area contributed by atoms with Crippen LogP contribution >= 0.6 is 0 Å². The Hall–Kier alpha value is -1.65. The van der Waals surface area contributed by atoms with Crippen molar-refractivity contribution in [2.75, 3.05) is 38.6 Å². The number of fused-ring (bicyclic) bond motifs is 1. The number of rotatable bonds is 3. The molecule has 2 aromatic rings. The molecular weight excluding hydrogens is 260 g/mol. The maximum atomic E-state index is 4.94. The first kappa shape index (κ1) is 14.3. The number of aromatic nitrogens is 1. The number of pyridine rings is 1. The highest BCUT2D eigenvalue weighted by Crippen LogP contribution is 2.25. The van der Waals surface area contributed by atoms with Gasteiger partial charge in [0.05, 0.1) is 5.52 Å². The lowest BCUT2D eigenvalue weighted by atomic mass is 10.1. The Morgan fingerprint density at radius 1 is 1.29 bits per heavy atom. The van der Waals surface area contributed by atoms with Gasteiger partial charge in [-0.15, -0.1) is 0 Å². The molecule has 0 saturated carbocycles. The molecular formula is C17H24N4. The molecule has 4 nitrogen and oxygen atoms in total. The van der Waals surface area contributed by atoms with E-state index in [0.29, 0.717) is 6.04 Å². The summed E-state index contributed by atoms with van der Waals surface area (Å²) in [4.78, 5) is 9.79. The van der Waals surface area contributed by atoms with Crippen molar-refractivity contribution in [2.45, 2.75) is 19.5 Å². The second-order valence-electron chi connectivity index (χ2n) is 5.97. The zero-order chi connectivity index (χ0) is 14.8. The van der Waals surface area contributed by atoms with E-state index in [1.54, 1.807) is 0 Å². The van der Waals surface area contributed by atoms with Crippen molar-refractivity contribution in [2.24, 2.45) is 0 Å². The molecule has 0 bridgehead atoms. The summed E-state index contributed by atoms with van der Waals surface area (Å²) in [5.41, 5.74) is 2.37. The highest BCUT2D eigenvalue weighted by atomic mass is 15.3. The van der Waals surface area contributed by atoms with Gasteiger partial charge in [-0.2, -0.15) is 0 Å². The Labute approximate surface area is 126 Å². The van der Waals surface area contributed by atoms with Gasteiger partial charge in [-0.1, -0.05) is 18.2 Å². The van der Waals surface area contributed by atoms with Gasteiger partial charge in [-0.3, -0.25) is 0 Å². The van der Waals surface area contributed by atoms with E-state index in [4.69, 9.17) is 4.98 Å². The number of para-hydroxylation sites is 1. The average molecular weight is 284 g/mol. The van der Waals surface area contributed by atoms with Crippen LogP contribution in [0.2, 0.25) is 0 Å². The normalized spacial score (nSPS) is 20.1. The van der Waals surface area contributed by atoms with E-state index < -0.39 is 0 Å². The molecule has 112 valence electrons. The van der Waals surface area contributed by atoms with Crippen LogP contribution in [-0.2, 0) is 6.54 Å². The van der Waals surface area contributed by atoms with Crippen LogP contribution in [0.15, 0.2) is 30.3 Å². The fourth-order valence-corrected chi connectivity index (χ4v) is 2.98. The minimum absolute atomic E-state index is 0.564. The predicted octanol–water partition coefficient (Wildman–Crippen LogP) is 2.09. The van der Waals surface area contributed by atoms with Crippen molar-refractivity contribution in [1.82, 2.24) is 15.2 Å². The summed E-state index contributed by atoms with van der Waals surface area (Å²) in [5, 5.41) is 4.49. The molecule has 0 aliphatic carbocycles. The van der Waals surface area contributed by atoms with E-state index in [9.17, 15) is 0 Å². The van der Waals surface area contributed by atoms with E-state index in [0.717, 1.165) is 37.5 Å². The number of hydrogen-bond acceptors (Lipinski definition) is 4. The summed E-state index contributed by atoms with van der Waals surface area (Å²) < 4.78 is 0. The van der Waals surface area contributed by atoms with Crippen LogP contribution in [0.25, 0.3) is 10.9 Å². The molecule has 1 N–H and O–H groups in total. The SMILES string of the molecule is CNCc1cc2ccccc2nc1N1CCN(C)C(C)C1. The summed E-state index contributed by atoms with van der Waals surface area (Å²) in [6.07, 6.45) is 0. The van der Waals surface area contributed by atoms with Gasteiger partial charge >= 0.3 is 0 Å². The van der Waals surface area contributed by atoms with Crippen molar-refractivity contribution in [3.05, 3.63) is 35.9 Å². The van der Waals surface area contributed by atoms with Crippen molar-refractivity contribution in [1.29, 1.82) is 0 Å². The molecule has 1 unspecified atom stereocenters. The number of likely N-dealkylation sites (N-methyl/N-ethyl adjacent to an activating group) is 1. The third-order valence-electron chi connectivity index (χ3n) is 4.41. The first-order chi connectivity index (χ1) is 10.2. The largest absolute Gasteiger partial charge is 0.353 e. The molecule has 2 heterocycles. The average Bonchev–Trinajstić information content (AvgIpc) is 2.50. The van der Waals surface area contributed by atoms with Crippen molar-refractivity contribution >= 4 is 16.7 Å². The van der Waals surface area contributed by atoms with Crippen molar-refractivity contribution < 1.29 is 0 Å². The minimum Gasteiger partial charge on any atom is -0.353 e. The maximum Gasteiger partial charge on any atom is 0.133 e. The smallest absolute Gasteiger partial charge is 0.133 e. The molecule has 0 amide bonds.